The predicted octanol–water partition coefficient (Wildman–Crippen LogP) is 3.23. The molecule has 0 unspecified atom stereocenters. The molecule has 5 amide bonds. The van der Waals surface area contributed by atoms with Crippen LogP contribution in [0.1, 0.15) is 129 Å². The van der Waals surface area contributed by atoms with Crippen molar-refractivity contribution < 1.29 is 81.7 Å². The molecule has 0 aromatic rings. The van der Waals surface area contributed by atoms with Crippen LogP contribution < -0.4 is 26.6 Å². The Labute approximate surface area is 427 Å². The first-order valence-electron chi connectivity index (χ1n) is 26.0. The van der Waals surface area contributed by atoms with E-state index >= 15 is 0 Å². The number of unbranched alkanes of at least 4 members (excludes halogenated alkanes) is 13. The van der Waals surface area contributed by atoms with Crippen molar-refractivity contribution in [1.29, 1.82) is 0 Å². The first-order valence-corrected chi connectivity index (χ1v) is 26.0. The Morgan fingerprint density at radius 1 is 0.389 bits per heavy atom. The van der Waals surface area contributed by atoms with Gasteiger partial charge in [-0.2, -0.15) is 0 Å². The van der Waals surface area contributed by atoms with E-state index in [0.29, 0.717) is 38.5 Å². The van der Waals surface area contributed by atoms with Gasteiger partial charge in [0.25, 0.3) is 0 Å². The number of rotatable bonds is 54. The second-order valence-corrected chi connectivity index (χ2v) is 17.0. The Hall–Kier alpha value is -4.29. The summed E-state index contributed by atoms with van der Waals surface area (Å²) in [7, 11) is 0. The highest BCUT2D eigenvalue weighted by Crippen LogP contribution is 2.15. The standard InChI is InChI=1S/C50H91N5O17/c1-3-43(57)18-16-14-12-10-8-6-4-5-7-9-11-13-15-17-19-46(59)55-44(50(63)64)20-21-45(58)51-22-26-65-31-35-70-39-48(61)53-24-28-67-33-37-72-41-49(62)54-25-29-68-32-36-71-40-47(60)52-23-27-66-30-34-69-38-42(2)56/h3,44,57H,4-41H2,1-2H3,(H,51,58)(H,52,60)(H,53,61)(H,54,62)(H,55,59)(H,63,64)/t44-/m0/s1. The summed E-state index contributed by atoms with van der Waals surface area (Å²) in [4.78, 5) is 82.7. The molecule has 0 heterocycles. The summed E-state index contributed by atoms with van der Waals surface area (Å²) in [5.41, 5.74) is 0. The summed E-state index contributed by atoms with van der Waals surface area (Å²) < 4.78 is 42.3. The van der Waals surface area contributed by atoms with Crippen LogP contribution in [0, 0.1) is 0 Å². The van der Waals surface area contributed by atoms with Crippen molar-refractivity contribution in [3.05, 3.63) is 11.8 Å². The summed E-state index contributed by atoms with van der Waals surface area (Å²) in [6.07, 6.45) is 18.7. The van der Waals surface area contributed by atoms with E-state index in [-0.39, 0.29) is 160 Å². The van der Waals surface area contributed by atoms with Crippen LogP contribution in [0.2, 0.25) is 0 Å². The average Bonchev–Trinajstić information content (AvgIpc) is 3.35. The second kappa shape index (κ2) is 51.6. The van der Waals surface area contributed by atoms with Gasteiger partial charge in [0.1, 0.15) is 32.5 Å². The molecule has 0 spiro atoms. The molecule has 7 N–H and O–H groups in total. The molecule has 0 saturated heterocycles. The quantitative estimate of drug-likeness (QED) is 0.0340. The molecule has 0 fully saturated rings. The van der Waals surface area contributed by atoms with Crippen LogP contribution in [-0.4, -0.2) is 189 Å². The number of aliphatic hydroxyl groups is 1. The van der Waals surface area contributed by atoms with Crippen molar-refractivity contribution >= 4 is 41.3 Å². The van der Waals surface area contributed by atoms with Crippen LogP contribution in [0.3, 0.4) is 0 Å². The third-order valence-electron chi connectivity index (χ3n) is 10.5. The van der Waals surface area contributed by atoms with E-state index in [1.54, 1.807) is 6.08 Å². The SMILES string of the molecule is CC=C(O)CCCCCCCCCCCCCCCCC(=O)N[C@@H](CCC(=O)NCCOCCOCC(=O)NCCOCCOCC(=O)NCCOCCOCC(=O)NCCOCCOCC(C)=O)C(=O)O. The van der Waals surface area contributed by atoms with Crippen molar-refractivity contribution in [3.63, 3.8) is 0 Å². The van der Waals surface area contributed by atoms with E-state index in [9.17, 15) is 43.8 Å². The van der Waals surface area contributed by atoms with Gasteiger partial charge in [-0.15, -0.1) is 0 Å². The van der Waals surface area contributed by atoms with Gasteiger partial charge in [-0.05, 0) is 39.2 Å². The van der Waals surface area contributed by atoms with Crippen molar-refractivity contribution in [2.45, 2.75) is 135 Å². The van der Waals surface area contributed by atoms with Gasteiger partial charge in [-0.1, -0.05) is 77.0 Å². The van der Waals surface area contributed by atoms with Crippen molar-refractivity contribution in [2.24, 2.45) is 0 Å². The first kappa shape index (κ1) is 67.7. The van der Waals surface area contributed by atoms with Crippen molar-refractivity contribution in [3.8, 4) is 0 Å². The third kappa shape index (κ3) is 50.6. The van der Waals surface area contributed by atoms with Gasteiger partial charge in [0.05, 0.1) is 85.0 Å². The number of hydrogen-bond donors (Lipinski definition) is 7. The van der Waals surface area contributed by atoms with Crippen LogP contribution in [0.25, 0.3) is 0 Å². The molecule has 0 aliphatic carbocycles. The topological polar surface area (TPSA) is 294 Å². The maximum absolute atomic E-state index is 12.4. The largest absolute Gasteiger partial charge is 0.513 e. The van der Waals surface area contributed by atoms with E-state index in [1.807, 2.05) is 6.92 Å². The highest BCUT2D eigenvalue weighted by molar-refractivity contribution is 5.84. The van der Waals surface area contributed by atoms with Crippen LogP contribution in [0.4, 0.5) is 0 Å². The number of allylic oxidation sites excluding steroid dienone is 2. The van der Waals surface area contributed by atoms with E-state index in [2.05, 4.69) is 26.6 Å². The van der Waals surface area contributed by atoms with Gasteiger partial charge in [0, 0.05) is 45.4 Å². The number of hydrogen-bond acceptors (Lipinski definition) is 16. The van der Waals surface area contributed by atoms with Gasteiger partial charge >= 0.3 is 5.97 Å². The Kier molecular flexibility index (Phi) is 48.5. The summed E-state index contributed by atoms with van der Waals surface area (Å²) in [5, 5.41) is 32.2. The maximum Gasteiger partial charge on any atom is 0.326 e. The molecule has 0 aliphatic heterocycles. The number of aliphatic hydroxyl groups excluding tert-OH is 1. The van der Waals surface area contributed by atoms with Crippen LogP contribution in [0.15, 0.2) is 11.8 Å². The minimum atomic E-state index is -1.18. The molecule has 0 radical (unpaired) electrons. The predicted molar refractivity (Wildman–Crippen MR) is 268 cm³/mol. The first-order chi connectivity index (χ1) is 34.9. The molecule has 22 nitrogen and oxygen atoms in total. The number of aliphatic carboxylic acids is 1. The highest BCUT2D eigenvalue weighted by atomic mass is 16.5. The smallest absolute Gasteiger partial charge is 0.326 e. The normalized spacial score (nSPS) is 11.8. The number of carboxylic acids is 1. The lowest BCUT2D eigenvalue weighted by molar-refractivity contribution is -0.142. The van der Waals surface area contributed by atoms with Gasteiger partial charge in [-0.3, -0.25) is 28.8 Å². The third-order valence-corrected chi connectivity index (χ3v) is 10.5. The molecule has 1 atom stereocenters. The Balaban J connectivity index is 3.59. The lowest BCUT2D eigenvalue weighted by Gasteiger charge is -2.14. The van der Waals surface area contributed by atoms with Gasteiger partial charge in [0.15, 0.2) is 5.78 Å². The second-order valence-electron chi connectivity index (χ2n) is 17.0. The van der Waals surface area contributed by atoms with E-state index in [1.165, 1.54) is 64.7 Å². The Morgan fingerprint density at radius 3 is 1.06 bits per heavy atom. The van der Waals surface area contributed by atoms with Gasteiger partial charge in [0.2, 0.25) is 29.5 Å². The summed E-state index contributed by atoms with van der Waals surface area (Å²) >= 11 is 0. The van der Waals surface area contributed by atoms with Crippen LogP contribution in [-0.2, 0) is 71.5 Å². The molecule has 0 aromatic heterocycles. The van der Waals surface area contributed by atoms with Crippen LogP contribution in [0.5, 0.6) is 0 Å². The maximum atomic E-state index is 12.4. The highest BCUT2D eigenvalue weighted by Gasteiger charge is 2.21. The zero-order valence-corrected chi connectivity index (χ0v) is 43.5. The van der Waals surface area contributed by atoms with Crippen LogP contribution >= 0.6 is 0 Å². The molecule has 72 heavy (non-hydrogen) atoms. The van der Waals surface area contributed by atoms with Gasteiger partial charge in [-0.25, -0.2) is 4.79 Å². The summed E-state index contributed by atoms with van der Waals surface area (Å²) in [5.74, 6) is -2.36. The van der Waals surface area contributed by atoms with E-state index in [0.717, 1.165) is 32.1 Å². The molecular formula is C50H91N5O17. The average molecular weight is 1030 g/mol. The lowest BCUT2D eigenvalue weighted by atomic mass is 10.0. The number of amides is 5. The minimum Gasteiger partial charge on any atom is -0.513 e. The summed E-state index contributed by atoms with van der Waals surface area (Å²) in [6, 6.07) is -1.14. The molecule has 22 heteroatoms. The Bertz CT molecular complexity index is 1440. The zero-order valence-electron chi connectivity index (χ0n) is 43.5. The molecule has 0 bridgehead atoms. The van der Waals surface area contributed by atoms with Gasteiger partial charge < -0.3 is 74.7 Å². The molecule has 0 saturated carbocycles. The number of Topliss-reactive ketones (excluding diaryl/α,β-unsaturated/α-hetero) is 1. The number of nitrogens with one attached hydrogen (secondary N) is 5. The fourth-order valence-corrected chi connectivity index (χ4v) is 6.54. The number of carbonyl (C=O) groups is 7. The summed E-state index contributed by atoms with van der Waals surface area (Å²) in [6.45, 7) is 6.79. The Morgan fingerprint density at radius 2 is 0.708 bits per heavy atom. The molecule has 418 valence electrons. The molecule has 0 aliphatic rings. The van der Waals surface area contributed by atoms with E-state index < -0.39 is 12.0 Å². The molecule has 0 aromatic carbocycles. The number of ketones is 1. The lowest BCUT2D eigenvalue weighted by Crippen LogP contribution is -2.41. The van der Waals surface area contributed by atoms with E-state index in [4.69, 9.17) is 37.9 Å². The number of carboxylic acid groups (broad SMARTS) is 1. The van der Waals surface area contributed by atoms with Crippen molar-refractivity contribution in [2.75, 3.05) is 132 Å². The minimum absolute atomic E-state index is 0.0271. The fraction of sp³-hybridized carbons (Fsp3) is 0.820. The van der Waals surface area contributed by atoms with Crippen molar-refractivity contribution in [1.82, 2.24) is 26.6 Å². The monoisotopic (exact) mass is 1030 g/mol. The number of carbonyl (C=O) groups excluding carboxylic acids is 6. The zero-order chi connectivity index (χ0) is 53.0. The molecule has 0 rings (SSSR count). The number of ether oxygens (including phenoxy) is 8. The fourth-order valence-electron chi connectivity index (χ4n) is 6.54. The molecular weight excluding hydrogens is 943 g/mol.